The molecule has 21 heavy (non-hydrogen) atoms. The third kappa shape index (κ3) is 4.68. The molecule has 0 bridgehead atoms. The molecule has 0 saturated heterocycles. The highest BCUT2D eigenvalue weighted by molar-refractivity contribution is 7.93. The lowest BCUT2D eigenvalue weighted by atomic mass is 10.0. The van der Waals surface area contributed by atoms with Crippen molar-refractivity contribution in [3.8, 4) is 0 Å². The van der Waals surface area contributed by atoms with Crippen molar-refractivity contribution in [3.05, 3.63) is 0 Å². The molecular formula is C15H30N2O3S. The van der Waals surface area contributed by atoms with E-state index in [-0.39, 0.29) is 17.1 Å². The van der Waals surface area contributed by atoms with Crippen molar-refractivity contribution in [3.63, 3.8) is 0 Å². The van der Waals surface area contributed by atoms with Crippen LogP contribution in [0.25, 0.3) is 0 Å². The average Bonchev–Trinajstić information content (AvgIpc) is 2.45. The van der Waals surface area contributed by atoms with Gasteiger partial charge in [0, 0.05) is 20.1 Å². The van der Waals surface area contributed by atoms with Gasteiger partial charge in [0.25, 0.3) is 0 Å². The first-order chi connectivity index (χ1) is 9.82. The zero-order valence-electron chi connectivity index (χ0n) is 13.8. The molecule has 0 aliphatic heterocycles. The van der Waals surface area contributed by atoms with E-state index >= 15 is 0 Å². The lowest BCUT2D eigenvalue weighted by Gasteiger charge is -2.31. The van der Waals surface area contributed by atoms with E-state index in [4.69, 9.17) is 0 Å². The highest BCUT2D eigenvalue weighted by Gasteiger charge is 2.42. The van der Waals surface area contributed by atoms with Crippen molar-refractivity contribution in [2.75, 3.05) is 27.2 Å². The molecule has 0 aromatic carbocycles. The Kier molecular flexibility index (Phi) is 7.13. The molecule has 5 nitrogen and oxygen atoms in total. The van der Waals surface area contributed by atoms with Gasteiger partial charge in [0.1, 0.15) is 5.25 Å². The number of likely N-dealkylation sites (N-methyl/N-ethyl adjacent to an activating group) is 2. The molecule has 124 valence electrons. The number of sulfone groups is 1. The Labute approximate surface area is 129 Å². The Balaban J connectivity index is 2.91. The predicted octanol–water partition coefficient (Wildman–Crippen LogP) is 1.44. The molecule has 0 radical (unpaired) electrons. The number of carbonyl (C=O) groups excluding carboxylic acids is 1. The van der Waals surface area contributed by atoms with Crippen LogP contribution in [0.1, 0.15) is 46.0 Å². The maximum Gasteiger partial charge on any atom is 0.240 e. The summed E-state index contributed by atoms with van der Waals surface area (Å²) in [5, 5.41) is 1.75. The normalized spacial score (nSPS) is 18.7. The number of nitrogens with zero attached hydrogens (tertiary/aromatic N) is 1. The van der Waals surface area contributed by atoms with E-state index in [1.807, 2.05) is 20.9 Å². The number of hydrogen-bond donors (Lipinski definition) is 1. The predicted molar refractivity (Wildman–Crippen MR) is 86.0 cm³/mol. The molecule has 0 aromatic rings. The highest BCUT2D eigenvalue weighted by atomic mass is 32.2. The van der Waals surface area contributed by atoms with Crippen LogP contribution in [0.3, 0.4) is 0 Å². The molecular weight excluding hydrogens is 288 g/mol. The summed E-state index contributed by atoms with van der Waals surface area (Å²) in [5.41, 5.74) is 0. The first kappa shape index (κ1) is 18.4. The third-order valence-electron chi connectivity index (χ3n) is 4.29. The van der Waals surface area contributed by atoms with Crippen LogP contribution in [0.15, 0.2) is 0 Å². The minimum absolute atomic E-state index is 0.193. The van der Waals surface area contributed by atoms with Gasteiger partial charge in [-0.1, -0.05) is 33.1 Å². The number of rotatable bonds is 7. The van der Waals surface area contributed by atoms with Gasteiger partial charge in [0.15, 0.2) is 9.84 Å². The topological polar surface area (TPSA) is 66.5 Å². The van der Waals surface area contributed by atoms with E-state index in [0.717, 1.165) is 19.3 Å². The monoisotopic (exact) mass is 318 g/mol. The summed E-state index contributed by atoms with van der Waals surface area (Å²) in [4.78, 5) is 14.1. The second kappa shape index (κ2) is 8.13. The number of carbonyl (C=O) groups is 1. The lowest BCUT2D eigenvalue weighted by Crippen LogP contribution is -2.48. The van der Waals surface area contributed by atoms with E-state index in [0.29, 0.717) is 25.9 Å². The molecule has 1 rings (SSSR count). The zero-order chi connectivity index (χ0) is 16.0. The zero-order valence-corrected chi connectivity index (χ0v) is 14.6. The van der Waals surface area contributed by atoms with Crippen molar-refractivity contribution in [1.29, 1.82) is 0 Å². The summed E-state index contributed by atoms with van der Waals surface area (Å²) in [6.07, 6.45) is 4.43. The Morgan fingerprint density at radius 3 is 2.29 bits per heavy atom. The van der Waals surface area contributed by atoms with E-state index in [1.165, 1.54) is 0 Å². The van der Waals surface area contributed by atoms with Crippen LogP contribution in [-0.4, -0.2) is 56.9 Å². The lowest BCUT2D eigenvalue weighted by molar-refractivity contribution is -0.130. The molecule has 1 amide bonds. The smallest absolute Gasteiger partial charge is 0.240 e. The Morgan fingerprint density at radius 2 is 1.81 bits per heavy atom. The highest BCUT2D eigenvalue weighted by Crippen LogP contribution is 2.29. The molecule has 1 fully saturated rings. The van der Waals surface area contributed by atoms with Gasteiger partial charge >= 0.3 is 0 Å². The fraction of sp³-hybridized carbons (Fsp3) is 0.933. The van der Waals surface area contributed by atoms with Crippen molar-refractivity contribution < 1.29 is 13.2 Å². The van der Waals surface area contributed by atoms with Crippen LogP contribution in [-0.2, 0) is 14.6 Å². The number of hydrogen-bond acceptors (Lipinski definition) is 4. The first-order valence-corrected chi connectivity index (χ1v) is 9.55. The summed E-state index contributed by atoms with van der Waals surface area (Å²) in [6.45, 7) is 4.85. The molecule has 1 unspecified atom stereocenters. The van der Waals surface area contributed by atoms with Crippen molar-refractivity contribution in [2.24, 2.45) is 5.92 Å². The van der Waals surface area contributed by atoms with Crippen molar-refractivity contribution in [1.82, 2.24) is 10.2 Å². The molecule has 1 atom stereocenters. The molecule has 6 heteroatoms. The van der Waals surface area contributed by atoms with E-state index in [9.17, 15) is 13.2 Å². The van der Waals surface area contributed by atoms with Gasteiger partial charge in [-0.3, -0.25) is 4.79 Å². The van der Waals surface area contributed by atoms with E-state index in [2.05, 4.69) is 5.32 Å². The van der Waals surface area contributed by atoms with Crippen LogP contribution in [0, 0.1) is 5.92 Å². The molecule has 1 saturated carbocycles. The van der Waals surface area contributed by atoms with Gasteiger partial charge in [0.05, 0.1) is 5.25 Å². The van der Waals surface area contributed by atoms with Crippen LogP contribution in [0.2, 0.25) is 0 Å². The molecule has 0 heterocycles. The Morgan fingerprint density at radius 1 is 1.24 bits per heavy atom. The van der Waals surface area contributed by atoms with Gasteiger partial charge in [-0.05, 0) is 25.8 Å². The van der Waals surface area contributed by atoms with Crippen molar-refractivity contribution >= 4 is 15.7 Å². The second-order valence-corrected chi connectivity index (χ2v) is 8.73. The first-order valence-electron chi connectivity index (χ1n) is 7.94. The van der Waals surface area contributed by atoms with Crippen LogP contribution in [0.5, 0.6) is 0 Å². The Bertz CT molecular complexity index is 428. The van der Waals surface area contributed by atoms with Crippen LogP contribution >= 0.6 is 0 Å². The van der Waals surface area contributed by atoms with Crippen molar-refractivity contribution in [2.45, 2.75) is 56.5 Å². The molecule has 1 aliphatic carbocycles. The average molecular weight is 318 g/mol. The maximum absolute atomic E-state index is 12.9. The van der Waals surface area contributed by atoms with Gasteiger partial charge in [0.2, 0.25) is 5.91 Å². The van der Waals surface area contributed by atoms with Gasteiger partial charge in [-0.2, -0.15) is 0 Å². The summed E-state index contributed by atoms with van der Waals surface area (Å²) in [7, 11) is 0.0982. The fourth-order valence-electron chi connectivity index (χ4n) is 3.01. The Hall–Kier alpha value is -0.620. The number of nitrogens with one attached hydrogen (secondary N) is 1. The molecule has 0 aromatic heterocycles. The minimum Gasteiger partial charge on any atom is -0.343 e. The number of amides is 1. The second-order valence-electron chi connectivity index (χ2n) is 6.38. The summed E-state index contributed by atoms with van der Waals surface area (Å²) >= 11 is 0. The third-order valence-corrected chi connectivity index (χ3v) is 7.15. The maximum atomic E-state index is 12.9. The van der Waals surface area contributed by atoms with Crippen LogP contribution < -0.4 is 5.32 Å². The largest absolute Gasteiger partial charge is 0.343 e. The molecule has 1 aliphatic rings. The van der Waals surface area contributed by atoms with Gasteiger partial charge < -0.3 is 10.2 Å². The van der Waals surface area contributed by atoms with Crippen LogP contribution in [0.4, 0.5) is 0 Å². The summed E-state index contributed by atoms with van der Waals surface area (Å²) in [5.74, 6) is -0.452. The van der Waals surface area contributed by atoms with E-state index < -0.39 is 15.1 Å². The molecule has 0 spiro atoms. The molecule has 1 N–H and O–H groups in total. The SMILES string of the molecule is CNCCN(C)C(=O)C(C(C)C)S(=O)(=O)C1CCCCC1. The quantitative estimate of drug-likeness (QED) is 0.771. The fourth-order valence-corrected chi connectivity index (χ4v) is 5.64. The van der Waals surface area contributed by atoms with Gasteiger partial charge in [-0.15, -0.1) is 0 Å². The summed E-state index contributed by atoms with van der Waals surface area (Å²) in [6, 6.07) is 0. The van der Waals surface area contributed by atoms with Gasteiger partial charge in [-0.25, -0.2) is 8.42 Å². The standard InChI is InChI=1S/C15H30N2O3S/c1-12(2)14(15(18)17(4)11-10-16-3)21(19,20)13-8-6-5-7-9-13/h12-14,16H,5-11H2,1-4H3. The summed E-state index contributed by atoms with van der Waals surface area (Å²) < 4.78 is 25.8. The minimum atomic E-state index is -3.40. The van der Waals surface area contributed by atoms with E-state index in [1.54, 1.807) is 11.9 Å².